The Kier molecular flexibility index (Phi) is 12.2. The van der Waals surface area contributed by atoms with Gasteiger partial charge >= 0.3 is 0 Å². The van der Waals surface area contributed by atoms with Crippen LogP contribution in [0.5, 0.6) is 0 Å². The Bertz CT molecular complexity index is 1460. The Labute approximate surface area is 293 Å². The van der Waals surface area contributed by atoms with E-state index >= 15 is 0 Å². The lowest BCUT2D eigenvalue weighted by molar-refractivity contribution is -0.132. The minimum Gasteiger partial charge on any atom is -0.378 e. The van der Waals surface area contributed by atoms with Crippen molar-refractivity contribution < 1.29 is 19.8 Å². The highest BCUT2D eigenvalue weighted by molar-refractivity contribution is 5.97. The number of amides is 2. The molecule has 0 radical (unpaired) electrons. The third kappa shape index (κ3) is 9.05. The van der Waals surface area contributed by atoms with Crippen molar-refractivity contribution in [1.82, 2.24) is 10.6 Å². The average Bonchev–Trinajstić information content (AvgIpc) is 3.04. The maximum absolute atomic E-state index is 13.8. The molecule has 4 rings (SSSR count). The second kappa shape index (κ2) is 16.0. The van der Waals surface area contributed by atoms with Gasteiger partial charge in [0.1, 0.15) is 17.6 Å². The van der Waals surface area contributed by atoms with Gasteiger partial charge in [0.25, 0.3) is 0 Å². The highest BCUT2D eigenvalue weighted by atomic mass is 16.3. The van der Waals surface area contributed by atoms with Crippen molar-refractivity contribution in [1.29, 1.82) is 0 Å². The Morgan fingerprint density at radius 3 is 0.918 bits per heavy atom. The highest BCUT2D eigenvalue weighted by Crippen LogP contribution is 2.38. The maximum atomic E-state index is 13.8. The summed E-state index contributed by atoms with van der Waals surface area (Å²) in [6.45, 7) is 16.2. The summed E-state index contributed by atoms with van der Waals surface area (Å²) in [6, 6.07) is 29.4. The van der Waals surface area contributed by atoms with Gasteiger partial charge in [-0.2, -0.15) is 0 Å². The highest BCUT2D eigenvalue weighted by Gasteiger charge is 2.43. The van der Waals surface area contributed by atoms with E-state index < -0.39 is 41.5 Å². The molecular formula is C43H54N2O4. The Morgan fingerprint density at radius 1 is 0.490 bits per heavy atom. The first kappa shape index (κ1) is 37.6. The lowest BCUT2D eigenvalue weighted by Crippen LogP contribution is -2.54. The van der Waals surface area contributed by atoms with E-state index in [4.69, 9.17) is 0 Å². The molecule has 49 heavy (non-hydrogen) atoms. The van der Waals surface area contributed by atoms with E-state index in [1.165, 1.54) is 0 Å². The van der Waals surface area contributed by atoms with Gasteiger partial charge in [0.05, 0.1) is 12.1 Å². The number of benzene rings is 4. The van der Waals surface area contributed by atoms with Crippen LogP contribution in [0.15, 0.2) is 97.1 Å². The second-order valence-electron chi connectivity index (χ2n) is 14.7. The zero-order valence-corrected chi connectivity index (χ0v) is 30.4. The SMILES string of the molecule is Cc1ccc(C(O)(c2ccc(C)cc2)[C@@H](CC(C)C)NC(=O)CC(=O)N[C@H](CC(C)C)C(O)(c2ccc(C)cc2)c2ccc(C)cc2)cc1. The monoisotopic (exact) mass is 662 g/mol. The van der Waals surface area contributed by atoms with Crippen molar-refractivity contribution in [3.05, 3.63) is 142 Å². The summed E-state index contributed by atoms with van der Waals surface area (Å²) in [6.07, 6.45) is 0.489. The van der Waals surface area contributed by atoms with Crippen LogP contribution in [0.25, 0.3) is 0 Å². The fraction of sp³-hybridized carbons (Fsp3) is 0.395. The van der Waals surface area contributed by atoms with Crippen LogP contribution in [0.1, 0.15) is 91.5 Å². The van der Waals surface area contributed by atoms with Gasteiger partial charge in [-0.05, 0) is 74.6 Å². The summed E-state index contributed by atoms with van der Waals surface area (Å²) in [7, 11) is 0. The van der Waals surface area contributed by atoms with Crippen molar-refractivity contribution in [3.63, 3.8) is 0 Å². The molecule has 2 amide bonds. The number of carbonyl (C=O) groups excluding carboxylic acids is 2. The van der Waals surface area contributed by atoms with Gasteiger partial charge in [-0.25, -0.2) is 0 Å². The van der Waals surface area contributed by atoms with E-state index in [0.29, 0.717) is 35.1 Å². The molecule has 0 saturated heterocycles. The summed E-state index contributed by atoms with van der Waals surface area (Å²) < 4.78 is 0. The summed E-state index contributed by atoms with van der Waals surface area (Å²) in [5.41, 5.74) is 3.79. The van der Waals surface area contributed by atoms with E-state index in [2.05, 4.69) is 10.6 Å². The molecule has 0 fully saturated rings. The minimum absolute atomic E-state index is 0.135. The smallest absolute Gasteiger partial charge is 0.229 e. The predicted octanol–water partition coefficient (Wildman–Crippen LogP) is 7.54. The summed E-state index contributed by atoms with van der Waals surface area (Å²) in [5.74, 6) is -0.733. The topological polar surface area (TPSA) is 98.7 Å². The van der Waals surface area contributed by atoms with Crippen LogP contribution in [0.2, 0.25) is 0 Å². The molecule has 0 aliphatic rings. The third-order valence-corrected chi connectivity index (χ3v) is 9.38. The second-order valence-corrected chi connectivity index (χ2v) is 14.7. The van der Waals surface area contributed by atoms with Crippen LogP contribution in [0.3, 0.4) is 0 Å². The summed E-state index contributed by atoms with van der Waals surface area (Å²) >= 11 is 0. The Balaban J connectivity index is 1.66. The van der Waals surface area contributed by atoms with Gasteiger partial charge in [0.15, 0.2) is 0 Å². The number of rotatable bonds is 14. The first-order chi connectivity index (χ1) is 23.1. The largest absolute Gasteiger partial charge is 0.378 e. The van der Waals surface area contributed by atoms with E-state index in [1.807, 2.05) is 152 Å². The van der Waals surface area contributed by atoms with E-state index in [1.54, 1.807) is 0 Å². The lowest BCUT2D eigenvalue weighted by atomic mass is 9.76. The number of hydrogen-bond acceptors (Lipinski definition) is 4. The quantitative estimate of drug-likeness (QED) is 0.105. The van der Waals surface area contributed by atoms with Crippen LogP contribution < -0.4 is 10.6 Å². The maximum Gasteiger partial charge on any atom is 0.229 e. The summed E-state index contributed by atoms with van der Waals surface area (Å²) in [4.78, 5) is 27.6. The summed E-state index contributed by atoms with van der Waals surface area (Å²) in [5, 5.41) is 31.4. The van der Waals surface area contributed by atoms with Gasteiger partial charge in [0.2, 0.25) is 11.8 Å². The number of hydrogen-bond donors (Lipinski definition) is 4. The van der Waals surface area contributed by atoms with E-state index in [0.717, 1.165) is 22.3 Å². The predicted molar refractivity (Wildman–Crippen MR) is 198 cm³/mol. The molecule has 4 aromatic rings. The van der Waals surface area contributed by atoms with Crippen LogP contribution in [-0.2, 0) is 20.8 Å². The molecule has 0 aromatic heterocycles. The first-order valence-electron chi connectivity index (χ1n) is 17.4. The van der Waals surface area contributed by atoms with E-state index in [9.17, 15) is 19.8 Å². The van der Waals surface area contributed by atoms with E-state index in [-0.39, 0.29) is 11.8 Å². The number of aryl methyl sites for hydroxylation is 4. The molecule has 0 spiro atoms. The van der Waals surface area contributed by atoms with Gasteiger partial charge in [-0.15, -0.1) is 0 Å². The molecular weight excluding hydrogens is 608 g/mol. The van der Waals surface area contributed by atoms with Crippen LogP contribution >= 0.6 is 0 Å². The molecule has 0 aliphatic carbocycles. The van der Waals surface area contributed by atoms with Crippen LogP contribution in [-0.4, -0.2) is 34.1 Å². The standard InChI is InChI=1S/C43H54N2O4/c1-28(2)25-38(42(48,34-17-9-30(5)10-18-34)35-19-11-31(6)12-20-35)44-40(46)27-41(47)45-39(26-29(3)4)43(49,36-21-13-32(7)14-22-36)37-23-15-33(8)16-24-37/h9-24,28-29,38-39,48-49H,25-27H2,1-8H3,(H,44,46)(H,45,47)/t38-,39-/m1/s1. The number of carbonyl (C=O) groups is 2. The van der Waals surface area contributed by atoms with Crippen LogP contribution in [0, 0.1) is 39.5 Å². The fourth-order valence-corrected chi connectivity index (χ4v) is 6.62. The van der Waals surface area contributed by atoms with Crippen molar-refractivity contribution >= 4 is 11.8 Å². The molecule has 0 bridgehead atoms. The average molecular weight is 663 g/mol. The molecule has 4 aromatic carbocycles. The molecule has 2 atom stereocenters. The lowest BCUT2D eigenvalue weighted by Gasteiger charge is -2.39. The Morgan fingerprint density at radius 2 is 0.714 bits per heavy atom. The van der Waals surface area contributed by atoms with Gasteiger partial charge in [-0.1, -0.05) is 147 Å². The van der Waals surface area contributed by atoms with Crippen molar-refractivity contribution in [2.45, 2.75) is 97.9 Å². The number of nitrogens with one attached hydrogen (secondary N) is 2. The van der Waals surface area contributed by atoms with Crippen molar-refractivity contribution in [2.24, 2.45) is 11.8 Å². The normalized spacial score (nSPS) is 13.3. The van der Waals surface area contributed by atoms with Crippen LogP contribution in [0.4, 0.5) is 0 Å². The van der Waals surface area contributed by atoms with Crippen molar-refractivity contribution in [2.75, 3.05) is 0 Å². The van der Waals surface area contributed by atoms with Gasteiger partial charge in [-0.3, -0.25) is 9.59 Å². The Hall–Kier alpha value is -4.26. The zero-order valence-electron chi connectivity index (χ0n) is 30.4. The first-order valence-corrected chi connectivity index (χ1v) is 17.4. The molecule has 6 heteroatoms. The molecule has 0 saturated carbocycles. The molecule has 0 unspecified atom stereocenters. The van der Waals surface area contributed by atoms with Gasteiger partial charge < -0.3 is 20.8 Å². The fourth-order valence-electron chi connectivity index (χ4n) is 6.62. The molecule has 260 valence electrons. The zero-order chi connectivity index (χ0) is 35.9. The molecule has 4 N–H and O–H groups in total. The molecule has 0 heterocycles. The molecule has 0 aliphatic heterocycles. The third-order valence-electron chi connectivity index (χ3n) is 9.38. The van der Waals surface area contributed by atoms with Crippen molar-refractivity contribution in [3.8, 4) is 0 Å². The molecule has 6 nitrogen and oxygen atoms in total. The van der Waals surface area contributed by atoms with Gasteiger partial charge in [0, 0.05) is 0 Å². The minimum atomic E-state index is -1.55. The number of aliphatic hydroxyl groups is 2.